The largest absolute Gasteiger partial charge is 0.464 e. The summed E-state index contributed by atoms with van der Waals surface area (Å²) in [4.78, 5) is 24.7. The lowest BCUT2D eigenvalue weighted by Crippen LogP contribution is -2.45. The quantitative estimate of drug-likeness (QED) is 0.816. The van der Waals surface area contributed by atoms with Crippen LogP contribution in [0.1, 0.15) is 32.8 Å². The summed E-state index contributed by atoms with van der Waals surface area (Å²) >= 11 is 0. The number of hydrogen-bond acceptors (Lipinski definition) is 5. The van der Waals surface area contributed by atoms with Crippen molar-refractivity contribution in [1.82, 2.24) is 0 Å². The van der Waals surface area contributed by atoms with Crippen LogP contribution < -0.4 is 10.4 Å². The van der Waals surface area contributed by atoms with Crippen molar-refractivity contribution in [1.29, 1.82) is 0 Å². The molecule has 0 aliphatic carbocycles. The highest BCUT2D eigenvalue weighted by molar-refractivity contribution is 5.92. The molecule has 0 radical (unpaired) electrons. The van der Waals surface area contributed by atoms with Crippen molar-refractivity contribution in [2.75, 3.05) is 6.61 Å². The summed E-state index contributed by atoms with van der Waals surface area (Å²) in [6.07, 6.45) is -0.261. The van der Waals surface area contributed by atoms with Crippen LogP contribution in [0.15, 0.2) is 33.5 Å². The second kappa shape index (κ2) is 5.25. The number of benzene rings is 1. The predicted octanol–water partition coefficient (Wildman–Crippen LogP) is 2.78. The van der Waals surface area contributed by atoms with Gasteiger partial charge in [0.1, 0.15) is 17.1 Å². The van der Waals surface area contributed by atoms with Crippen LogP contribution in [0.5, 0.6) is 5.75 Å². The number of Topliss-reactive ketones (excluding diaryl/α,β-unsaturated/α-hetero) is 1. The molecule has 0 amide bonds. The highest BCUT2D eigenvalue weighted by Gasteiger charge is 2.45. The monoisotopic (exact) mass is 302 g/mol. The molecule has 0 saturated carbocycles. The summed E-state index contributed by atoms with van der Waals surface area (Å²) in [6.45, 7) is 5.55. The fourth-order valence-corrected chi connectivity index (χ4v) is 2.93. The van der Waals surface area contributed by atoms with Crippen LogP contribution in [-0.4, -0.2) is 18.7 Å². The van der Waals surface area contributed by atoms with Gasteiger partial charge in [0.2, 0.25) is 6.29 Å². The minimum Gasteiger partial charge on any atom is -0.464 e. The Morgan fingerprint density at radius 1 is 1.41 bits per heavy atom. The number of carbonyl (C=O) groups excluding carboxylic acids is 1. The number of para-hydroxylation sites is 1. The molecule has 5 nitrogen and oxygen atoms in total. The van der Waals surface area contributed by atoms with E-state index in [1.54, 1.807) is 19.1 Å². The van der Waals surface area contributed by atoms with Crippen LogP contribution >= 0.6 is 0 Å². The molecule has 0 bridgehead atoms. The lowest BCUT2D eigenvalue weighted by molar-refractivity contribution is -0.133. The standard InChI is InChI=1S/C17H18O5/c1-4-20-13-9-17(3,10(2)18)14-15(22-13)11-7-5-6-8-12(11)21-16(14)19/h5-8,13H,4,9H2,1-3H3/t13-,17+/m0/s1. The third-order valence-corrected chi connectivity index (χ3v) is 4.27. The van der Waals surface area contributed by atoms with Crippen LogP contribution in [0, 0.1) is 0 Å². The molecule has 22 heavy (non-hydrogen) atoms. The van der Waals surface area contributed by atoms with E-state index in [9.17, 15) is 9.59 Å². The topological polar surface area (TPSA) is 65.7 Å². The van der Waals surface area contributed by atoms with Gasteiger partial charge in [-0.2, -0.15) is 0 Å². The Hall–Kier alpha value is -2.14. The van der Waals surface area contributed by atoms with Crippen molar-refractivity contribution in [3.63, 3.8) is 0 Å². The van der Waals surface area contributed by atoms with E-state index in [4.69, 9.17) is 13.9 Å². The highest BCUT2D eigenvalue weighted by atomic mass is 16.7. The first-order valence-electron chi connectivity index (χ1n) is 7.33. The third kappa shape index (κ3) is 2.13. The minimum absolute atomic E-state index is 0.107. The Kier molecular flexibility index (Phi) is 3.53. The first kappa shape index (κ1) is 14.8. The van der Waals surface area contributed by atoms with Gasteiger partial charge in [0.05, 0.1) is 16.4 Å². The minimum atomic E-state index is -0.974. The molecule has 0 spiro atoms. The van der Waals surface area contributed by atoms with E-state index in [1.807, 2.05) is 19.1 Å². The number of fused-ring (bicyclic) bond motifs is 3. The Bertz CT molecular complexity index is 791. The first-order chi connectivity index (χ1) is 10.5. The molecule has 1 aromatic carbocycles. The number of ketones is 1. The van der Waals surface area contributed by atoms with E-state index in [1.165, 1.54) is 6.92 Å². The maximum Gasteiger partial charge on any atom is 0.344 e. The maximum atomic E-state index is 12.4. The molecule has 3 rings (SSSR count). The van der Waals surface area contributed by atoms with Gasteiger partial charge in [-0.25, -0.2) is 4.79 Å². The molecule has 2 aromatic rings. The predicted molar refractivity (Wildman–Crippen MR) is 81.2 cm³/mol. The van der Waals surface area contributed by atoms with E-state index in [0.717, 1.165) is 0 Å². The normalized spacial score (nSPS) is 23.9. The van der Waals surface area contributed by atoms with Crippen LogP contribution in [0.3, 0.4) is 0 Å². The fraction of sp³-hybridized carbons (Fsp3) is 0.412. The van der Waals surface area contributed by atoms with Gasteiger partial charge in [0.15, 0.2) is 0 Å². The number of carbonyl (C=O) groups is 1. The highest BCUT2D eigenvalue weighted by Crippen LogP contribution is 2.43. The molecular formula is C17H18O5. The molecular weight excluding hydrogens is 284 g/mol. The first-order valence-corrected chi connectivity index (χ1v) is 7.33. The van der Waals surface area contributed by atoms with Gasteiger partial charge in [0.25, 0.3) is 0 Å². The molecule has 5 heteroatoms. The molecule has 116 valence electrons. The van der Waals surface area contributed by atoms with Crippen LogP contribution in [0.25, 0.3) is 11.0 Å². The van der Waals surface area contributed by atoms with Gasteiger partial charge in [-0.15, -0.1) is 0 Å². The van der Waals surface area contributed by atoms with Gasteiger partial charge < -0.3 is 13.9 Å². The summed E-state index contributed by atoms with van der Waals surface area (Å²) < 4.78 is 16.8. The Morgan fingerprint density at radius 2 is 2.14 bits per heavy atom. The molecule has 1 aliphatic heterocycles. The van der Waals surface area contributed by atoms with E-state index < -0.39 is 17.3 Å². The fourth-order valence-electron chi connectivity index (χ4n) is 2.93. The van der Waals surface area contributed by atoms with Crippen molar-refractivity contribution in [2.24, 2.45) is 0 Å². The van der Waals surface area contributed by atoms with Crippen molar-refractivity contribution in [2.45, 2.75) is 38.9 Å². The SMILES string of the molecule is CCO[C@@H]1C[C@](C)(C(C)=O)c2c(c3ccccc3oc2=O)O1. The van der Waals surface area contributed by atoms with Crippen molar-refractivity contribution in [3.05, 3.63) is 40.2 Å². The zero-order chi connectivity index (χ0) is 15.9. The average Bonchev–Trinajstić information content (AvgIpc) is 2.47. The zero-order valence-corrected chi connectivity index (χ0v) is 12.8. The molecule has 0 saturated heterocycles. The summed E-state index contributed by atoms with van der Waals surface area (Å²) in [6, 6.07) is 7.13. The van der Waals surface area contributed by atoms with Gasteiger partial charge in [-0.3, -0.25) is 4.79 Å². The maximum absolute atomic E-state index is 12.4. The summed E-state index contributed by atoms with van der Waals surface area (Å²) in [5, 5.41) is 0.675. The lowest BCUT2D eigenvalue weighted by Gasteiger charge is -2.37. The van der Waals surface area contributed by atoms with Gasteiger partial charge >= 0.3 is 5.63 Å². The van der Waals surface area contributed by atoms with Crippen LogP contribution in [-0.2, 0) is 14.9 Å². The second-order valence-electron chi connectivity index (χ2n) is 5.68. The van der Waals surface area contributed by atoms with Gasteiger partial charge in [-0.05, 0) is 32.9 Å². The summed E-state index contributed by atoms with van der Waals surface area (Å²) in [5.41, 5.74) is -0.775. The van der Waals surface area contributed by atoms with E-state index in [-0.39, 0.29) is 11.3 Å². The smallest absolute Gasteiger partial charge is 0.344 e. The van der Waals surface area contributed by atoms with Crippen LogP contribution in [0.4, 0.5) is 0 Å². The Balaban J connectivity index is 2.32. The molecule has 0 unspecified atom stereocenters. The Morgan fingerprint density at radius 3 is 2.82 bits per heavy atom. The Labute approximate surface area is 127 Å². The van der Waals surface area contributed by atoms with E-state index in [0.29, 0.717) is 29.7 Å². The zero-order valence-electron chi connectivity index (χ0n) is 12.8. The number of rotatable bonds is 3. The second-order valence-corrected chi connectivity index (χ2v) is 5.68. The molecule has 2 atom stereocenters. The molecule has 1 aromatic heterocycles. The molecule has 0 N–H and O–H groups in total. The van der Waals surface area contributed by atoms with Gasteiger partial charge in [-0.1, -0.05) is 12.1 Å². The average molecular weight is 302 g/mol. The van der Waals surface area contributed by atoms with Crippen LogP contribution in [0.2, 0.25) is 0 Å². The molecule has 2 heterocycles. The van der Waals surface area contributed by atoms with E-state index >= 15 is 0 Å². The van der Waals surface area contributed by atoms with Crippen molar-refractivity contribution >= 4 is 16.8 Å². The van der Waals surface area contributed by atoms with E-state index in [2.05, 4.69) is 0 Å². The number of hydrogen-bond donors (Lipinski definition) is 0. The van der Waals surface area contributed by atoms with Gasteiger partial charge in [0, 0.05) is 13.0 Å². The molecule has 0 fully saturated rings. The summed E-state index contributed by atoms with van der Waals surface area (Å²) in [7, 11) is 0. The third-order valence-electron chi connectivity index (χ3n) is 4.27. The molecule has 1 aliphatic rings. The lowest BCUT2D eigenvalue weighted by atomic mass is 9.74. The number of ether oxygens (including phenoxy) is 2. The van der Waals surface area contributed by atoms with Crippen molar-refractivity contribution in [3.8, 4) is 5.75 Å². The van der Waals surface area contributed by atoms with Crippen molar-refractivity contribution < 1.29 is 18.7 Å². The summed E-state index contributed by atoms with van der Waals surface area (Å²) in [5.74, 6) is 0.290.